The summed E-state index contributed by atoms with van der Waals surface area (Å²) in [4.78, 5) is 15.0. The zero-order valence-electron chi connectivity index (χ0n) is 16.8. The Morgan fingerprint density at radius 1 is 1.30 bits per heavy atom. The number of hydrogen-bond donors (Lipinski definition) is 1. The molecular weight excluding hydrogens is 424 g/mol. The minimum atomic E-state index is -0.376. The van der Waals surface area contributed by atoms with Gasteiger partial charge in [0.25, 0.3) is 0 Å². The lowest BCUT2D eigenvalue weighted by molar-refractivity contribution is -0.115. The first kappa shape index (κ1) is 20.7. The second-order valence-corrected chi connectivity index (χ2v) is 8.67. The van der Waals surface area contributed by atoms with Crippen LogP contribution in [0.2, 0.25) is 5.02 Å². The van der Waals surface area contributed by atoms with Crippen LogP contribution in [-0.4, -0.2) is 44.2 Å². The number of carbonyl (C=O) groups excluding carboxylic acids is 1. The van der Waals surface area contributed by atoms with Crippen LogP contribution in [0.3, 0.4) is 0 Å². The maximum Gasteiger partial charge on any atom is 0.239 e. The summed E-state index contributed by atoms with van der Waals surface area (Å²) in [5.41, 5.74) is 0.802. The van der Waals surface area contributed by atoms with Gasteiger partial charge < -0.3 is 14.7 Å². The lowest BCUT2D eigenvalue weighted by Crippen LogP contribution is -2.25. The molecule has 1 amide bonds. The van der Waals surface area contributed by atoms with Crippen molar-refractivity contribution in [1.29, 1.82) is 0 Å². The summed E-state index contributed by atoms with van der Waals surface area (Å²) in [5, 5.41) is 16.4. The van der Waals surface area contributed by atoms with E-state index in [4.69, 9.17) is 16.1 Å². The first-order valence-electron chi connectivity index (χ1n) is 9.93. The zero-order chi connectivity index (χ0) is 21.1. The summed E-state index contributed by atoms with van der Waals surface area (Å²) in [6.45, 7) is 5.59. The molecule has 1 N–H and O–H groups in total. The lowest BCUT2D eigenvalue weighted by Gasteiger charge is -2.20. The maximum atomic E-state index is 12.8. The summed E-state index contributed by atoms with van der Waals surface area (Å²) >= 11 is 7.87. The Balaban J connectivity index is 1.64. The summed E-state index contributed by atoms with van der Waals surface area (Å²) < 4.78 is 6.98. The Bertz CT molecular complexity index is 1030. The minimum Gasteiger partial charge on any atom is -0.360 e. The molecule has 0 spiro atoms. The highest BCUT2D eigenvalue weighted by molar-refractivity contribution is 8.00. The van der Waals surface area contributed by atoms with Crippen LogP contribution in [0.4, 0.5) is 11.8 Å². The number of aryl methyl sites for hydroxylation is 1. The van der Waals surface area contributed by atoms with Crippen molar-refractivity contribution in [2.75, 3.05) is 23.3 Å². The van der Waals surface area contributed by atoms with Crippen LogP contribution in [0.15, 0.2) is 40.0 Å². The van der Waals surface area contributed by atoms with Gasteiger partial charge >= 0.3 is 0 Å². The van der Waals surface area contributed by atoms with E-state index in [1.165, 1.54) is 11.8 Å². The quantitative estimate of drug-likeness (QED) is 0.540. The molecule has 1 saturated heterocycles. The third-order valence-electron chi connectivity index (χ3n) is 4.89. The number of aromatic nitrogens is 4. The fourth-order valence-electron chi connectivity index (χ4n) is 3.39. The predicted molar refractivity (Wildman–Crippen MR) is 118 cm³/mol. The van der Waals surface area contributed by atoms with Gasteiger partial charge in [-0.25, -0.2) is 0 Å². The molecule has 0 saturated carbocycles. The van der Waals surface area contributed by atoms with Gasteiger partial charge in [0, 0.05) is 19.2 Å². The molecule has 4 rings (SSSR count). The van der Waals surface area contributed by atoms with Crippen LogP contribution in [0.1, 0.15) is 31.9 Å². The number of carbonyl (C=O) groups is 1. The molecule has 1 aliphatic heterocycles. The van der Waals surface area contributed by atoms with Gasteiger partial charge in [-0.05, 0) is 38.3 Å². The highest BCUT2D eigenvalue weighted by Gasteiger charge is 2.27. The number of nitrogens with one attached hydrogen (secondary N) is 1. The van der Waals surface area contributed by atoms with Gasteiger partial charge in [-0.15, -0.1) is 10.2 Å². The number of hydrogen-bond acceptors (Lipinski definition) is 7. The third kappa shape index (κ3) is 4.32. The molecule has 1 atom stereocenters. The largest absolute Gasteiger partial charge is 0.360 e. The first-order valence-corrected chi connectivity index (χ1v) is 11.2. The maximum absolute atomic E-state index is 12.8. The standard InChI is InChI=1S/C20H23ClN6O2S/c1-3-16(18(28)22-17-12-13(2)29-25-17)30-20-24-23-19(26-10-6-7-11-26)27(20)15-9-5-4-8-14(15)21/h4-5,8-9,12,16H,3,6-7,10-11H2,1-2H3,(H,22,25,28). The molecule has 2 aromatic heterocycles. The number of amides is 1. The fraction of sp³-hybridized carbons (Fsp3) is 0.400. The van der Waals surface area contributed by atoms with Gasteiger partial charge in [-0.1, -0.05) is 47.6 Å². The zero-order valence-corrected chi connectivity index (χ0v) is 18.4. The third-order valence-corrected chi connectivity index (χ3v) is 6.52. The molecule has 3 aromatic rings. The van der Waals surface area contributed by atoms with Crippen LogP contribution in [0.5, 0.6) is 0 Å². The fourth-order valence-corrected chi connectivity index (χ4v) is 4.57. The van der Waals surface area contributed by atoms with Crippen molar-refractivity contribution in [3.63, 3.8) is 0 Å². The molecule has 1 fully saturated rings. The number of nitrogens with zero attached hydrogens (tertiary/aromatic N) is 5. The van der Waals surface area contributed by atoms with Gasteiger partial charge in [0.2, 0.25) is 11.9 Å². The number of benzene rings is 1. The molecular formula is C20H23ClN6O2S. The highest BCUT2D eigenvalue weighted by atomic mass is 35.5. The van der Waals surface area contributed by atoms with E-state index in [2.05, 4.69) is 25.6 Å². The lowest BCUT2D eigenvalue weighted by atomic mass is 10.3. The second-order valence-electron chi connectivity index (χ2n) is 7.09. The van der Waals surface area contributed by atoms with E-state index in [0.29, 0.717) is 28.2 Å². The Morgan fingerprint density at radius 2 is 2.07 bits per heavy atom. The summed E-state index contributed by atoms with van der Waals surface area (Å²) in [6.07, 6.45) is 2.85. The molecule has 158 valence electrons. The molecule has 30 heavy (non-hydrogen) atoms. The van der Waals surface area contributed by atoms with Crippen molar-refractivity contribution in [2.45, 2.75) is 43.5 Å². The molecule has 0 radical (unpaired) electrons. The van der Waals surface area contributed by atoms with E-state index in [1.807, 2.05) is 35.8 Å². The number of halogens is 1. The Kier molecular flexibility index (Phi) is 6.29. The van der Waals surface area contributed by atoms with Crippen LogP contribution in [-0.2, 0) is 4.79 Å². The molecule has 1 aromatic carbocycles. The molecule has 1 aliphatic rings. The van der Waals surface area contributed by atoms with Crippen LogP contribution in [0.25, 0.3) is 5.69 Å². The van der Waals surface area contributed by atoms with Gasteiger partial charge in [-0.2, -0.15) is 0 Å². The number of thioether (sulfide) groups is 1. The average Bonchev–Trinajstić information content (AvgIpc) is 3.47. The van der Waals surface area contributed by atoms with E-state index < -0.39 is 0 Å². The van der Waals surface area contributed by atoms with E-state index >= 15 is 0 Å². The van der Waals surface area contributed by atoms with Crippen molar-refractivity contribution in [1.82, 2.24) is 19.9 Å². The normalized spacial score (nSPS) is 14.8. The van der Waals surface area contributed by atoms with Crippen molar-refractivity contribution >= 4 is 41.0 Å². The number of para-hydroxylation sites is 1. The van der Waals surface area contributed by atoms with Crippen molar-refractivity contribution in [3.8, 4) is 5.69 Å². The van der Waals surface area contributed by atoms with Gasteiger partial charge in [0.15, 0.2) is 11.0 Å². The Labute approximate surface area is 184 Å². The van der Waals surface area contributed by atoms with Crippen LogP contribution < -0.4 is 10.2 Å². The second kappa shape index (κ2) is 9.09. The van der Waals surface area contributed by atoms with E-state index in [9.17, 15) is 4.79 Å². The van der Waals surface area contributed by atoms with Gasteiger partial charge in [0.1, 0.15) is 5.76 Å². The molecule has 10 heteroatoms. The molecule has 1 unspecified atom stereocenters. The Hall–Kier alpha value is -2.52. The van der Waals surface area contributed by atoms with Gasteiger partial charge in [0.05, 0.1) is 16.0 Å². The average molecular weight is 447 g/mol. The monoisotopic (exact) mass is 446 g/mol. The number of anilines is 2. The Morgan fingerprint density at radius 3 is 2.73 bits per heavy atom. The topological polar surface area (TPSA) is 89.1 Å². The van der Waals surface area contributed by atoms with E-state index in [-0.39, 0.29) is 11.2 Å². The SMILES string of the molecule is CCC(Sc1nnc(N2CCCC2)n1-c1ccccc1Cl)C(=O)Nc1cc(C)on1. The predicted octanol–water partition coefficient (Wildman–Crippen LogP) is 4.33. The van der Waals surface area contributed by atoms with Crippen LogP contribution in [0, 0.1) is 6.92 Å². The van der Waals surface area contributed by atoms with E-state index in [1.54, 1.807) is 13.0 Å². The van der Waals surface area contributed by atoms with Crippen LogP contribution >= 0.6 is 23.4 Å². The van der Waals surface area contributed by atoms with Crippen molar-refractivity contribution in [3.05, 3.63) is 41.1 Å². The smallest absolute Gasteiger partial charge is 0.239 e. The van der Waals surface area contributed by atoms with Gasteiger partial charge in [-0.3, -0.25) is 9.36 Å². The summed E-state index contributed by atoms with van der Waals surface area (Å²) in [7, 11) is 0. The highest BCUT2D eigenvalue weighted by Crippen LogP contribution is 2.34. The summed E-state index contributed by atoms with van der Waals surface area (Å²) in [6, 6.07) is 9.29. The molecule has 0 bridgehead atoms. The molecule has 3 heterocycles. The molecule has 8 nitrogen and oxygen atoms in total. The van der Waals surface area contributed by atoms with Crippen molar-refractivity contribution in [2.24, 2.45) is 0 Å². The summed E-state index contributed by atoms with van der Waals surface area (Å²) in [5.74, 6) is 1.64. The number of rotatable bonds is 7. The first-order chi connectivity index (χ1) is 14.6. The van der Waals surface area contributed by atoms with Crippen molar-refractivity contribution < 1.29 is 9.32 Å². The molecule has 0 aliphatic carbocycles. The van der Waals surface area contributed by atoms with E-state index in [0.717, 1.165) is 37.6 Å². The minimum absolute atomic E-state index is 0.160.